The zero-order valence-electron chi connectivity index (χ0n) is 22.8. The van der Waals surface area contributed by atoms with E-state index < -0.39 is 0 Å². The maximum absolute atomic E-state index is 12.6. The molecule has 1 amide bonds. The van der Waals surface area contributed by atoms with Crippen molar-refractivity contribution in [3.8, 4) is 28.5 Å². The number of likely N-dealkylation sites (N-methyl/N-ethyl adjacent to an activating group) is 1. The second-order valence-corrected chi connectivity index (χ2v) is 10.5. The van der Waals surface area contributed by atoms with E-state index in [9.17, 15) is 4.79 Å². The molecule has 3 aromatic rings. The fourth-order valence-electron chi connectivity index (χ4n) is 6.20. The predicted octanol–water partition coefficient (Wildman–Crippen LogP) is 3.75. The van der Waals surface area contributed by atoms with Crippen molar-refractivity contribution in [1.29, 1.82) is 0 Å². The Balaban J connectivity index is 1.27. The minimum atomic E-state index is -0.0123. The molecule has 0 bridgehead atoms. The fourth-order valence-corrected chi connectivity index (χ4v) is 6.20. The van der Waals surface area contributed by atoms with Gasteiger partial charge in [-0.1, -0.05) is 0 Å². The Kier molecular flexibility index (Phi) is 6.61. The quantitative estimate of drug-likeness (QED) is 0.347. The first-order valence-electron chi connectivity index (χ1n) is 13.5. The standard InChI is InChI=1S/C30H36N4O4/c1-19(35)34-10-8-23-24-17-20-16-21(38-15-5-9-33-13-11-32(2)12-14-33)6-7-22(20)28(24)31-25-18-26(36-3)30(37-4)29(34)27(23)25/h6-7,16,18H,5,8-15,17H2,1-4H3. The van der Waals surface area contributed by atoms with Crippen LogP contribution in [0, 0.1) is 0 Å². The molecule has 6 rings (SSSR count). The minimum Gasteiger partial charge on any atom is -0.494 e. The van der Waals surface area contributed by atoms with E-state index in [0.29, 0.717) is 18.0 Å². The van der Waals surface area contributed by atoms with Crippen LogP contribution >= 0.6 is 0 Å². The normalized spacial score (nSPS) is 16.9. The van der Waals surface area contributed by atoms with Crippen LogP contribution in [0.2, 0.25) is 0 Å². The van der Waals surface area contributed by atoms with Gasteiger partial charge in [0, 0.05) is 69.6 Å². The molecule has 0 N–H and O–H groups in total. The lowest BCUT2D eigenvalue weighted by Crippen LogP contribution is -2.44. The van der Waals surface area contributed by atoms with E-state index in [1.165, 1.54) is 16.7 Å². The highest BCUT2D eigenvalue weighted by Gasteiger charge is 2.33. The van der Waals surface area contributed by atoms with Crippen LogP contribution in [0.5, 0.6) is 17.2 Å². The van der Waals surface area contributed by atoms with Crippen molar-refractivity contribution >= 4 is 22.5 Å². The summed E-state index contributed by atoms with van der Waals surface area (Å²) in [7, 11) is 5.43. The van der Waals surface area contributed by atoms with Gasteiger partial charge in [-0.15, -0.1) is 0 Å². The summed E-state index contributed by atoms with van der Waals surface area (Å²) in [6.07, 6.45) is 2.62. The SMILES string of the molecule is COc1cc2nc3c(c4c2c(c1OC)N(C(C)=O)CC4)Cc1cc(OCCCN2CCN(C)CC2)ccc1-3. The van der Waals surface area contributed by atoms with Gasteiger partial charge in [0.1, 0.15) is 5.75 Å². The van der Waals surface area contributed by atoms with E-state index >= 15 is 0 Å². The molecule has 1 saturated heterocycles. The van der Waals surface area contributed by atoms with E-state index in [0.717, 1.165) is 92.2 Å². The number of rotatable bonds is 7. The summed E-state index contributed by atoms with van der Waals surface area (Å²) in [6.45, 7) is 8.57. The number of ether oxygens (including phenoxy) is 3. The molecule has 3 heterocycles. The molecule has 1 aliphatic carbocycles. The Morgan fingerprint density at radius 2 is 1.84 bits per heavy atom. The topological polar surface area (TPSA) is 67.4 Å². The predicted molar refractivity (Wildman–Crippen MR) is 149 cm³/mol. The van der Waals surface area contributed by atoms with Gasteiger partial charge in [-0.3, -0.25) is 4.79 Å². The number of methoxy groups -OCH3 is 2. The first kappa shape index (κ1) is 24.9. The summed E-state index contributed by atoms with van der Waals surface area (Å²) in [4.78, 5) is 24.4. The molecule has 3 aliphatic rings. The molecular formula is C30H36N4O4. The maximum Gasteiger partial charge on any atom is 0.223 e. The number of aromatic nitrogens is 1. The van der Waals surface area contributed by atoms with Crippen LogP contribution in [0.4, 0.5) is 5.69 Å². The summed E-state index contributed by atoms with van der Waals surface area (Å²) < 4.78 is 17.6. The molecule has 8 heteroatoms. The van der Waals surface area contributed by atoms with Gasteiger partial charge in [-0.25, -0.2) is 4.98 Å². The molecule has 1 fully saturated rings. The number of fused-ring (bicyclic) bond motifs is 4. The zero-order valence-corrected chi connectivity index (χ0v) is 22.8. The smallest absolute Gasteiger partial charge is 0.223 e. The van der Waals surface area contributed by atoms with Crippen molar-refractivity contribution in [2.45, 2.75) is 26.2 Å². The Bertz CT molecular complexity index is 1400. The van der Waals surface area contributed by atoms with E-state index in [-0.39, 0.29) is 5.91 Å². The summed E-state index contributed by atoms with van der Waals surface area (Å²) in [6, 6.07) is 8.32. The van der Waals surface area contributed by atoms with Crippen molar-refractivity contribution in [3.05, 3.63) is 41.0 Å². The molecule has 2 aliphatic heterocycles. The lowest BCUT2D eigenvalue weighted by molar-refractivity contribution is -0.116. The van der Waals surface area contributed by atoms with Gasteiger partial charge in [-0.05, 0) is 54.8 Å². The van der Waals surface area contributed by atoms with Gasteiger partial charge in [0.2, 0.25) is 5.91 Å². The van der Waals surface area contributed by atoms with E-state index in [2.05, 4.69) is 35.0 Å². The van der Waals surface area contributed by atoms with Gasteiger partial charge >= 0.3 is 0 Å². The Morgan fingerprint density at radius 1 is 1.03 bits per heavy atom. The number of pyridine rings is 1. The van der Waals surface area contributed by atoms with Crippen LogP contribution in [-0.2, 0) is 17.6 Å². The summed E-state index contributed by atoms with van der Waals surface area (Å²) in [5, 5.41) is 0.996. The van der Waals surface area contributed by atoms with Crippen LogP contribution < -0.4 is 19.1 Å². The van der Waals surface area contributed by atoms with Crippen molar-refractivity contribution in [3.63, 3.8) is 0 Å². The molecule has 0 radical (unpaired) electrons. The molecular weight excluding hydrogens is 480 g/mol. The highest BCUT2D eigenvalue weighted by molar-refractivity contribution is 6.09. The molecule has 1 aromatic heterocycles. The third-order valence-electron chi connectivity index (χ3n) is 8.23. The van der Waals surface area contributed by atoms with Gasteiger partial charge in [0.05, 0.1) is 37.7 Å². The Morgan fingerprint density at radius 3 is 2.58 bits per heavy atom. The fraction of sp³-hybridized carbons (Fsp3) is 0.467. The van der Waals surface area contributed by atoms with Crippen molar-refractivity contribution in [1.82, 2.24) is 14.8 Å². The molecule has 200 valence electrons. The Labute approximate surface area is 224 Å². The molecule has 38 heavy (non-hydrogen) atoms. The molecule has 2 aromatic carbocycles. The monoisotopic (exact) mass is 516 g/mol. The summed E-state index contributed by atoms with van der Waals surface area (Å²) in [5.41, 5.74) is 7.53. The van der Waals surface area contributed by atoms with Crippen molar-refractivity contribution < 1.29 is 19.0 Å². The highest BCUT2D eigenvalue weighted by atomic mass is 16.5. The number of hydrogen-bond donors (Lipinski definition) is 0. The van der Waals surface area contributed by atoms with Crippen LogP contribution in [0.1, 0.15) is 30.0 Å². The number of anilines is 1. The number of hydrogen-bond acceptors (Lipinski definition) is 7. The van der Waals surface area contributed by atoms with Crippen molar-refractivity contribution in [2.24, 2.45) is 0 Å². The van der Waals surface area contributed by atoms with Crippen LogP contribution in [0.25, 0.3) is 22.2 Å². The average Bonchev–Trinajstić information content (AvgIpc) is 3.29. The van der Waals surface area contributed by atoms with E-state index in [1.807, 2.05) is 6.07 Å². The summed E-state index contributed by atoms with van der Waals surface area (Å²) in [5.74, 6) is 2.07. The van der Waals surface area contributed by atoms with Gasteiger partial charge in [0.25, 0.3) is 0 Å². The second kappa shape index (κ2) is 10.1. The van der Waals surface area contributed by atoms with Crippen LogP contribution in [0.3, 0.4) is 0 Å². The molecule has 0 spiro atoms. The lowest BCUT2D eigenvalue weighted by Gasteiger charge is -2.32. The minimum absolute atomic E-state index is 0.0123. The average molecular weight is 517 g/mol. The number of carbonyl (C=O) groups is 1. The number of nitrogens with zero attached hydrogens (tertiary/aromatic N) is 4. The third-order valence-corrected chi connectivity index (χ3v) is 8.23. The Hall–Kier alpha value is -3.36. The van der Waals surface area contributed by atoms with Crippen LogP contribution in [0.15, 0.2) is 24.3 Å². The number of carbonyl (C=O) groups excluding carboxylic acids is 1. The van der Waals surface area contributed by atoms with Crippen LogP contribution in [-0.4, -0.2) is 87.8 Å². The van der Waals surface area contributed by atoms with Crippen molar-refractivity contribution in [2.75, 3.05) is 72.0 Å². The van der Waals surface area contributed by atoms with Gasteiger partial charge in [-0.2, -0.15) is 0 Å². The first-order chi connectivity index (χ1) is 18.5. The van der Waals surface area contributed by atoms with E-state index in [4.69, 9.17) is 19.2 Å². The molecule has 8 nitrogen and oxygen atoms in total. The number of amides is 1. The van der Waals surface area contributed by atoms with E-state index in [1.54, 1.807) is 26.0 Å². The lowest BCUT2D eigenvalue weighted by atomic mass is 9.92. The number of benzene rings is 2. The second-order valence-electron chi connectivity index (χ2n) is 10.5. The third kappa shape index (κ3) is 4.25. The highest BCUT2D eigenvalue weighted by Crippen LogP contribution is 2.50. The maximum atomic E-state index is 12.6. The number of piperazine rings is 1. The molecule has 0 unspecified atom stereocenters. The first-order valence-corrected chi connectivity index (χ1v) is 13.5. The molecule has 0 saturated carbocycles. The largest absolute Gasteiger partial charge is 0.494 e. The zero-order chi connectivity index (χ0) is 26.4. The van der Waals surface area contributed by atoms with Gasteiger partial charge < -0.3 is 28.9 Å². The van der Waals surface area contributed by atoms with Gasteiger partial charge in [0.15, 0.2) is 11.5 Å². The molecule has 0 atom stereocenters. The summed E-state index contributed by atoms with van der Waals surface area (Å²) >= 11 is 0.